The summed E-state index contributed by atoms with van der Waals surface area (Å²) in [7, 11) is 1.62. The standard InChI is InChI=1S/C16H18N2O5/c1-3-21-16-17(2)14(19)9-7-11-10(8-12(9)23-16)15(20)18-6-4-5-13(18)22-11/h7-8,13,16H,3-6H2,1-2H3. The zero-order valence-corrected chi connectivity index (χ0v) is 13.1. The van der Waals surface area contributed by atoms with E-state index in [1.807, 2.05) is 6.92 Å². The highest BCUT2D eigenvalue weighted by atomic mass is 16.7. The Hall–Kier alpha value is -2.28. The fourth-order valence-electron chi connectivity index (χ4n) is 3.24. The molecule has 23 heavy (non-hydrogen) atoms. The van der Waals surface area contributed by atoms with Gasteiger partial charge in [0.25, 0.3) is 18.2 Å². The molecule has 7 heteroatoms. The number of amides is 2. The normalized spacial score (nSPS) is 25.5. The smallest absolute Gasteiger partial charge is 0.286 e. The number of carbonyl (C=O) groups excluding carboxylic acids is 2. The molecule has 1 aromatic carbocycles. The first kappa shape index (κ1) is 14.3. The van der Waals surface area contributed by atoms with Gasteiger partial charge in [0, 0.05) is 26.6 Å². The molecule has 0 bridgehead atoms. The van der Waals surface area contributed by atoms with E-state index in [1.165, 1.54) is 4.90 Å². The Labute approximate surface area is 133 Å². The van der Waals surface area contributed by atoms with E-state index in [0.29, 0.717) is 35.8 Å². The highest BCUT2D eigenvalue weighted by Crippen LogP contribution is 2.39. The van der Waals surface area contributed by atoms with Crippen LogP contribution < -0.4 is 9.47 Å². The second-order valence-corrected chi connectivity index (χ2v) is 5.85. The molecule has 1 fully saturated rings. The van der Waals surface area contributed by atoms with E-state index in [4.69, 9.17) is 14.2 Å². The van der Waals surface area contributed by atoms with Crippen LogP contribution in [0.25, 0.3) is 0 Å². The highest BCUT2D eigenvalue weighted by Gasteiger charge is 2.40. The predicted octanol–water partition coefficient (Wildman–Crippen LogP) is 1.43. The van der Waals surface area contributed by atoms with Crippen LogP contribution in [0.5, 0.6) is 11.5 Å². The van der Waals surface area contributed by atoms with Gasteiger partial charge in [-0.1, -0.05) is 0 Å². The van der Waals surface area contributed by atoms with E-state index in [9.17, 15) is 9.59 Å². The summed E-state index contributed by atoms with van der Waals surface area (Å²) in [5.41, 5.74) is 0.830. The van der Waals surface area contributed by atoms with Crippen molar-refractivity contribution in [3.63, 3.8) is 0 Å². The van der Waals surface area contributed by atoms with Crippen LogP contribution in [0.3, 0.4) is 0 Å². The number of ether oxygens (including phenoxy) is 3. The molecule has 1 saturated heterocycles. The van der Waals surface area contributed by atoms with Crippen molar-refractivity contribution < 1.29 is 23.8 Å². The summed E-state index contributed by atoms with van der Waals surface area (Å²) in [6, 6.07) is 3.21. The number of hydrogen-bond acceptors (Lipinski definition) is 5. The molecule has 2 unspecified atom stereocenters. The number of carbonyl (C=O) groups is 2. The van der Waals surface area contributed by atoms with Crippen molar-refractivity contribution in [3.8, 4) is 11.5 Å². The molecule has 0 saturated carbocycles. The summed E-state index contributed by atoms with van der Waals surface area (Å²) in [5.74, 6) is 0.536. The van der Waals surface area contributed by atoms with Crippen LogP contribution in [0.4, 0.5) is 0 Å². The Morgan fingerprint density at radius 3 is 2.61 bits per heavy atom. The molecule has 0 radical (unpaired) electrons. The number of fused-ring (bicyclic) bond motifs is 3. The SMILES string of the molecule is CCOC1Oc2cc3c(cc2C(=O)N1C)OC1CCCN1C3=O. The Bertz CT molecular complexity index is 689. The van der Waals surface area contributed by atoms with E-state index in [-0.39, 0.29) is 18.0 Å². The molecule has 3 heterocycles. The molecule has 0 N–H and O–H groups in total. The number of benzene rings is 1. The van der Waals surface area contributed by atoms with Crippen LogP contribution in [0.1, 0.15) is 40.5 Å². The minimum absolute atomic E-state index is 0.0699. The number of nitrogens with zero attached hydrogens (tertiary/aromatic N) is 2. The molecule has 7 nitrogen and oxygen atoms in total. The Kier molecular flexibility index (Phi) is 3.19. The number of hydrogen-bond donors (Lipinski definition) is 0. The van der Waals surface area contributed by atoms with Crippen LogP contribution in [0.15, 0.2) is 12.1 Å². The topological polar surface area (TPSA) is 68.3 Å². The fraction of sp³-hybridized carbons (Fsp3) is 0.500. The van der Waals surface area contributed by atoms with Crippen LogP contribution in [-0.2, 0) is 4.74 Å². The summed E-state index contributed by atoms with van der Waals surface area (Å²) in [4.78, 5) is 28.2. The minimum Gasteiger partial charge on any atom is -0.470 e. The maximum atomic E-state index is 12.6. The maximum Gasteiger partial charge on any atom is 0.286 e. The third-order valence-corrected chi connectivity index (χ3v) is 4.44. The van der Waals surface area contributed by atoms with Gasteiger partial charge in [0.2, 0.25) is 0 Å². The lowest BCUT2D eigenvalue weighted by atomic mass is 10.0. The Morgan fingerprint density at radius 2 is 1.87 bits per heavy atom. The van der Waals surface area contributed by atoms with Crippen LogP contribution in [0, 0.1) is 0 Å². The van der Waals surface area contributed by atoms with Gasteiger partial charge in [0.1, 0.15) is 11.5 Å². The fourth-order valence-corrected chi connectivity index (χ4v) is 3.24. The quantitative estimate of drug-likeness (QED) is 0.825. The van der Waals surface area contributed by atoms with Crippen LogP contribution >= 0.6 is 0 Å². The average molecular weight is 318 g/mol. The van der Waals surface area contributed by atoms with E-state index in [2.05, 4.69) is 0 Å². The molecular weight excluding hydrogens is 300 g/mol. The second-order valence-electron chi connectivity index (χ2n) is 5.85. The molecule has 2 amide bonds. The molecule has 122 valence electrons. The van der Waals surface area contributed by atoms with Crippen molar-refractivity contribution in [1.29, 1.82) is 0 Å². The number of rotatable bonds is 2. The lowest BCUT2D eigenvalue weighted by Gasteiger charge is -2.36. The molecule has 0 spiro atoms. The highest BCUT2D eigenvalue weighted by molar-refractivity contribution is 6.03. The monoisotopic (exact) mass is 318 g/mol. The van der Waals surface area contributed by atoms with Crippen molar-refractivity contribution in [2.75, 3.05) is 20.2 Å². The van der Waals surface area contributed by atoms with Crippen LogP contribution in [0.2, 0.25) is 0 Å². The van der Waals surface area contributed by atoms with Gasteiger partial charge in [0.15, 0.2) is 6.23 Å². The largest absolute Gasteiger partial charge is 0.470 e. The van der Waals surface area contributed by atoms with Gasteiger partial charge < -0.3 is 19.1 Å². The van der Waals surface area contributed by atoms with Gasteiger partial charge in [-0.25, -0.2) is 0 Å². The summed E-state index contributed by atoms with van der Waals surface area (Å²) < 4.78 is 17.1. The molecule has 3 aliphatic heterocycles. The lowest BCUT2D eigenvalue weighted by molar-refractivity contribution is -0.154. The summed E-state index contributed by atoms with van der Waals surface area (Å²) in [6.07, 6.45) is 0.743. The van der Waals surface area contributed by atoms with Gasteiger partial charge in [-0.3, -0.25) is 14.5 Å². The second kappa shape index (κ2) is 5.13. The van der Waals surface area contributed by atoms with Crippen LogP contribution in [-0.4, -0.2) is 54.5 Å². The van der Waals surface area contributed by atoms with E-state index in [0.717, 1.165) is 12.8 Å². The Morgan fingerprint density at radius 1 is 1.17 bits per heavy atom. The molecule has 0 aromatic heterocycles. The predicted molar refractivity (Wildman–Crippen MR) is 79.3 cm³/mol. The van der Waals surface area contributed by atoms with Gasteiger partial charge in [-0.05, 0) is 25.5 Å². The summed E-state index contributed by atoms with van der Waals surface area (Å²) >= 11 is 0. The molecule has 3 aliphatic rings. The minimum atomic E-state index is -0.780. The summed E-state index contributed by atoms with van der Waals surface area (Å²) in [6.45, 7) is 2.94. The van der Waals surface area contributed by atoms with Crippen molar-refractivity contribution in [2.45, 2.75) is 32.4 Å². The first-order chi connectivity index (χ1) is 11.1. The molecular formula is C16H18N2O5. The molecule has 0 aliphatic carbocycles. The zero-order valence-electron chi connectivity index (χ0n) is 13.1. The molecule has 1 aromatic rings. The molecule has 2 atom stereocenters. The first-order valence-electron chi connectivity index (χ1n) is 7.81. The van der Waals surface area contributed by atoms with Crippen molar-refractivity contribution in [2.24, 2.45) is 0 Å². The maximum absolute atomic E-state index is 12.6. The van der Waals surface area contributed by atoms with Crippen molar-refractivity contribution in [1.82, 2.24) is 9.80 Å². The first-order valence-corrected chi connectivity index (χ1v) is 7.81. The van der Waals surface area contributed by atoms with E-state index < -0.39 is 6.41 Å². The molecule has 4 rings (SSSR count). The Balaban J connectivity index is 1.76. The van der Waals surface area contributed by atoms with Gasteiger partial charge >= 0.3 is 0 Å². The van der Waals surface area contributed by atoms with Crippen molar-refractivity contribution in [3.05, 3.63) is 23.3 Å². The van der Waals surface area contributed by atoms with E-state index >= 15 is 0 Å². The zero-order chi connectivity index (χ0) is 16.1. The van der Waals surface area contributed by atoms with Gasteiger partial charge in [0.05, 0.1) is 11.1 Å². The summed E-state index contributed by atoms with van der Waals surface area (Å²) in [5, 5.41) is 0. The van der Waals surface area contributed by atoms with Gasteiger partial charge in [-0.2, -0.15) is 0 Å². The average Bonchev–Trinajstić information content (AvgIpc) is 3.01. The lowest BCUT2D eigenvalue weighted by Crippen LogP contribution is -2.47. The van der Waals surface area contributed by atoms with Crippen molar-refractivity contribution >= 4 is 11.8 Å². The van der Waals surface area contributed by atoms with E-state index in [1.54, 1.807) is 24.1 Å². The third-order valence-electron chi connectivity index (χ3n) is 4.44. The third kappa shape index (κ3) is 2.07. The van der Waals surface area contributed by atoms with Gasteiger partial charge in [-0.15, -0.1) is 0 Å².